The summed E-state index contributed by atoms with van der Waals surface area (Å²) >= 11 is 0. The first-order valence-electron chi connectivity index (χ1n) is 17.4. The molecule has 4 nitrogen and oxygen atoms in total. The fourth-order valence-corrected chi connectivity index (χ4v) is 7.72. The molecule has 0 fully saturated rings. The van der Waals surface area contributed by atoms with E-state index in [1.165, 1.54) is 26.9 Å². The molecule has 3 heterocycles. The number of nitrogens with zero attached hydrogens (tertiary/aromatic N) is 4. The van der Waals surface area contributed by atoms with Gasteiger partial charge in [-0.3, -0.25) is 0 Å². The Balaban J connectivity index is 1.47. The van der Waals surface area contributed by atoms with Crippen LogP contribution in [-0.2, 0) is 0 Å². The Morgan fingerprint density at radius 3 is 1.69 bits per heavy atom. The first kappa shape index (κ1) is 29.2. The minimum absolute atomic E-state index is 0.695. The van der Waals surface area contributed by atoms with Crippen LogP contribution < -0.4 is 10.6 Å². The SMILES string of the molecule is C1=CCC=c2c(c3ccc4c5ccccc5n(-c5ccccc5)c4c3n2-c2c(-c3ccccc3)nc(-c3ccccc3)nc2-c2ccccc2)=C1. The van der Waals surface area contributed by atoms with Crippen molar-refractivity contribution in [3.8, 4) is 45.3 Å². The minimum atomic E-state index is 0.695. The summed E-state index contributed by atoms with van der Waals surface area (Å²) in [5, 5.41) is 5.94. The van der Waals surface area contributed by atoms with E-state index in [-0.39, 0.29) is 0 Å². The van der Waals surface area contributed by atoms with Gasteiger partial charge in [0.05, 0.1) is 39.0 Å². The number of fused-ring (bicyclic) bond motifs is 7. The molecular weight excluding hydrogens is 621 g/mol. The Labute approximate surface area is 295 Å². The zero-order valence-electron chi connectivity index (χ0n) is 27.8. The Morgan fingerprint density at radius 1 is 0.471 bits per heavy atom. The fraction of sp³-hybridized carbons (Fsp3) is 0.0213. The van der Waals surface area contributed by atoms with E-state index < -0.39 is 0 Å². The number of benzene rings is 6. The van der Waals surface area contributed by atoms with Gasteiger partial charge in [-0.15, -0.1) is 0 Å². The molecule has 0 atom stereocenters. The van der Waals surface area contributed by atoms with Gasteiger partial charge in [-0.2, -0.15) is 0 Å². The van der Waals surface area contributed by atoms with Crippen molar-refractivity contribution in [2.24, 2.45) is 0 Å². The maximum Gasteiger partial charge on any atom is 0.160 e. The van der Waals surface area contributed by atoms with Gasteiger partial charge in [0.1, 0.15) is 0 Å². The maximum absolute atomic E-state index is 5.46. The highest BCUT2D eigenvalue weighted by atomic mass is 15.1. The van der Waals surface area contributed by atoms with E-state index in [9.17, 15) is 0 Å². The standard InChI is InChI=1S/C47H32N4/c1-6-18-32(19-7-1)42-46(43(33-20-8-2-9-21-33)49-47(48-42)34-22-10-3-11-23-34)51-41-28-15-5-14-26-37(41)39-31-30-38-36-27-16-17-29-40(36)50(44(38)45(39)51)35-24-12-4-13-25-35/h1-14,16-31H,15H2. The van der Waals surface area contributed by atoms with Crippen LogP contribution in [0.1, 0.15) is 6.42 Å². The summed E-state index contributed by atoms with van der Waals surface area (Å²) < 4.78 is 4.90. The third kappa shape index (κ3) is 4.68. The molecule has 0 amide bonds. The Kier molecular flexibility index (Phi) is 6.85. The summed E-state index contributed by atoms with van der Waals surface area (Å²) in [6.45, 7) is 0. The molecule has 0 saturated heterocycles. The van der Waals surface area contributed by atoms with Gasteiger partial charge in [-0.05, 0) is 24.6 Å². The molecule has 0 unspecified atom stereocenters. The second kappa shape index (κ2) is 12.0. The van der Waals surface area contributed by atoms with Crippen LogP contribution in [-0.4, -0.2) is 19.1 Å². The predicted molar refractivity (Wildman–Crippen MR) is 211 cm³/mol. The molecule has 1 aliphatic rings. The summed E-state index contributed by atoms with van der Waals surface area (Å²) in [4.78, 5) is 10.9. The Morgan fingerprint density at radius 2 is 1.02 bits per heavy atom. The lowest BCUT2D eigenvalue weighted by Crippen LogP contribution is -2.29. The maximum atomic E-state index is 5.46. The zero-order valence-corrected chi connectivity index (χ0v) is 27.8. The molecule has 0 aliphatic heterocycles. The van der Waals surface area contributed by atoms with Crippen molar-refractivity contribution in [3.05, 3.63) is 180 Å². The smallest absolute Gasteiger partial charge is 0.160 e. The van der Waals surface area contributed by atoms with Crippen molar-refractivity contribution in [2.45, 2.75) is 6.42 Å². The number of hydrogen-bond acceptors (Lipinski definition) is 2. The molecule has 4 heteroatoms. The van der Waals surface area contributed by atoms with E-state index >= 15 is 0 Å². The molecule has 0 radical (unpaired) electrons. The van der Waals surface area contributed by atoms with Crippen molar-refractivity contribution in [3.63, 3.8) is 0 Å². The normalized spacial score (nSPS) is 12.5. The molecule has 10 rings (SSSR count). The molecular formula is C47H32N4. The molecule has 1 aliphatic carbocycles. The van der Waals surface area contributed by atoms with Crippen LogP contribution in [0.4, 0.5) is 0 Å². The lowest BCUT2D eigenvalue weighted by molar-refractivity contribution is 1.02. The summed E-state index contributed by atoms with van der Waals surface area (Å²) in [5.41, 5.74) is 10.3. The lowest BCUT2D eigenvalue weighted by atomic mass is 10.0. The van der Waals surface area contributed by atoms with Gasteiger partial charge in [0.25, 0.3) is 0 Å². The molecule has 0 bridgehead atoms. The van der Waals surface area contributed by atoms with Crippen molar-refractivity contribution >= 4 is 44.9 Å². The van der Waals surface area contributed by atoms with E-state index in [0.717, 1.165) is 62.3 Å². The second-order valence-electron chi connectivity index (χ2n) is 12.9. The van der Waals surface area contributed by atoms with Crippen LogP contribution in [0.5, 0.6) is 0 Å². The number of hydrogen-bond donors (Lipinski definition) is 0. The monoisotopic (exact) mass is 652 g/mol. The third-order valence-electron chi connectivity index (χ3n) is 9.94. The summed E-state index contributed by atoms with van der Waals surface area (Å²) in [5.74, 6) is 0.695. The van der Waals surface area contributed by atoms with E-state index in [2.05, 4.69) is 173 Å². The topological polar surface area (TPSA) is 35.6 Å². The van der Waals surface area contributed by atoms with Gasteiger partial charge in [0, 0.05) is 43.8 Å². The highest BCUT2D eigenvalue weighted by Crippen LogP contribution is 2.40. The first-order valence-corrected chi connectivity index (χ1v) is 17.4. The first-order chi connectivity index (χ1) is 25.3. The number of rotatable bonds is 5. The average Bonchev–Trinajstić information content (AvgIpc) is 3.58. The minimum Gasteiger partial charge on any atom is -0.307 e. The van der Waals surface area contributed by atoms with Gasteiger partial charge in [0.15, 0.2) is 5.82 Å². The van der Waals surface area contributed by atoms with Gasteiger partial charge >= 0.3 is 0 Å². The number of para-hydroxylation sites is 2. The lowest BCUT2D eigenvalue weighted by Gasteiger charge is -2.19. The van der Waals surface area contributed by atoms with Gasteiger partial charge in [-0.1, -0.05) is 164 Å². The second-order valence-corrected chi connectivity index (χ2v) is 12.9. The predicted octanol–water partition coefficient (Wildman–Crippen LogP) is 10.0. The van der Waals surface area contributed by atoms with Crippen LogP contribution in [0, 0.1) is 0 Å². The highest BCUT2D eigenvalue weighted by molar-refractivity contribution is 6.18. The van der Waals surface area contributed by atoms with Crippen molar-refractivity contribution in [1.29, 1.82) is 0 Å². The molecule has 3 aromatic heterocycles. The van der Waals surface area contributed by atoms with Crippen molar-refractivity contribution in [2.75, 3.05) is 0 Å². The van der Waals surface area contributed by atoms with Crippen LogP contribution in [0.15, 0.2) is 170 Å². The van der Waals surface area contributed by atoms with Crippen LogP contribution >= 0.6 is 0 Å². The molecule has 240 valence electrons. The highest BCUT2D eigenvalue weighted by Gasteiger charge is 2.26. The van der Waals surface area contributed by atoms with Crippen LogP contribution in [0.2, 0.25) is 0 Å². The van der Waals surface area contributed by atoms with Gasteiger partial charge in [0.2, 0.25) is 0 Å². The number of allylic oxidation sites excluding steroid dienone is 2. The van der Waals surface area contributed by atoms with Gasteiger partial charge in [-0.25, -0.2) is 9.97 Å². The largest absolute Gasteiger partial charge is 0.307 e. The zero-order chi connectivity index (χ0) is 33.7. The Bertz CT molecular complexity index is 2840. The van der Waals surface area contributed by atoms with E-state index in [0.29, 0.717) is 5.82 Å². The van der Waals surface area contributed by atoms with Crippen molar-refractivity contribution in [1.82, 2.24) is 19.1 Å². The van der Waals surface area contributed by atoms with Gasteiger partial charge < -0.3 is 9.13 Å². The summed E-state index contributed by atoms with van der Waals surface area (Å²) in [7, 11) is 0. The molecule has 9 aromatic rings. The average molecular weight is 653 g/mol. The quantitative estimate of drug-likeness (QED) is 0.186. The van der Waals surface area contributed by atoms with E-state index in [4.69, 9.17) is 9.97 Å². The molecule has 0 N–H and O–H groups in total. The van der Waals surface area contributed by atoms with Crippen LogP contribution in [0.3, 0.4) is 0 Å². The Hall–Kier alpha value is -6.78. The van der Waals surface area contributed by atoms with Crippen molar-refractivity contribution < 1.29 is 0 Å². The van der Waals surface area contributed by atoms with E-state index in [1.807, 2.05) is 18.2 Å². The molecule has 51 heavy (non-hydrogen) atoms. The van der Waals surface area contributed by atoms with Crippen LogP contribution in [0.25, 0.3) is 90.1 Å². The summed E-state index contributed by atoms with van der Waals surface area (Å²) in [6.07, 6.45) is 9.85. The molecule has 6 aromatic carbocycles. The number of aromatic nitrogens is 4. The van der Waals surface area contributed by atoms with E-state index in [1.54, 1.807) is 0 Å². The third-order valence-corrected chi connectivity index (χ3v) is 9.94. The fourth-order valence-electron chi connectivity index (χ4n) is 7.72. The summed E-state index contributed by atoms with van der Waals surface area (Å²) in [6, 6.07) is 55.5. The molecule has 0 saturated carbocycles. The molecule has 0 spiro atoms.